The van der Waals surface area contributed by atoms with E-state index in [1.807, 2.05) is 0 Å². The first-order valence-corrected chi connectivity index (χ1v) is 5.01. The number of ether oxygens (including phenoxy) is 1. The normalized spacial score (nSPS) is 9.47. The lowest BCUT2D eigenvalue weighted by Gasteiger charge is -2.06. The van der Waals surface area contributed by atoms with E-state index >= 15 is 0 Å². The quantitative estimate of drug-likeness (QED) is 0.527. The van der Waals surface area contributed by atoms with Gasteiger partial charge in [-0.2, -0.15) is 0 Å². The molecule has 0 atom stereocenters. The van der Waals surface area contributed by atoms with Gasteiger partial charge in [-0.15, -0.1) is 12.4 Å². The molecule has 6 heteroatoms. The van der Waals surface area contributed by atoms with E-state index < -0.39 is 0 Å². The van der Waals surface area contributed by atoms with E-state index in [1.54, 1.807) is 19.2 Å². The number of anilines is 1. The molecule has 0 radical (unpaired) electrons. The molecule has 0 saturated carbocycles. The van der Waals surface area contributed by atoms with E-state index in [-0.39, 0.29) is 30.6 Å². The molecule has 3 N–H and O–H groups in total. The Balaban J connectivity index is 0.00000256. The van der Waals surface area contributed by atoms with Crippen LogP contribution in [0.15, 0.2) is 24.3 Å². The fraction of sp³-hybridized carbons (Fsp3) is 0.364. The number of benzene rings is 1. The molecule has 0 aliphatic heterocycles. The number of rotatable bonds is 6. The molecule has 0 aliphatic carbocycles. The monoisotopic (exact) mass is 260 g/mol. The van der Waals surface area contributed by atoms with E-state index in [1.165, 1.54) is 12.1 Å². The lowest BCUT2D eigenvalue weighted by atomic mass is 10.3. The summed E-state index contributed by atoms with van der Waals surface area (Å²) in [6, 6.07) is 6.33. The van der Waals surface area contributed by atoms with E-state index in [4.69, 9.17) is 9.84 Å². The van der Waals surface area contributed by atoms with Crippen LogP contribution in [0.25, 0.3) is 0 Å². The average Bonchev–Trinajstić information content (AvgIpc) is 2.28. The lowest BCUT2D eigenvalue weighted by molar-refractivity contribution is -0.115. The number of carbonyl (C=O) groups excluding carboxylic acids is 1. The van der Waals surface area contributed by atoms with Gasteiger partial charge in [0.15, 0.2) is 0 Å². The molecule has 0 heterocycles. The maximum atomic E-state index is 11.4. The molecule has 96 valence electrons. The lowest BCUT2D eigenvalue weighted by Crippen LogP contribution is -2.30. The summed E-state index contributed by atoms with van der Waals surface area (Å²) in [6.45, 7) is 1.45. The molecule has 0 unspecified atom stereocenters. The van der Waals surface area contributed by atoms with Gasteiger partial charge in [0.1, 0.15) is 5.75 Å². The van der Waals surface area contributed by atoms with Gasteiger partial charge in [-0.25, -0.2) is 0 Å². The summed E-state index contributed by atoms with van der Waals surface area (Å²) in [5.41, 5.74) is 0.663. The number of hydrogen-bond donors (Lipinski definition) is 3. The standard InChI is InChI=1S/C11H16N2O3.ClH/c1-16-7-6-12-8-11(15)13-9-2-4-10(14)5-3-9;/h2-5,12,14H,6-8H2,1H3,(H,13,15);1H. The maximum Gasteiger partial charge on any atom is 0.238 e. The van der Waals surface area contributed by atoms with Gasteiger partial charge in [0.2, 0.25) is 5.91 Å². The molecule has 1 aromatic rings. The summed E-state index contributed by atoms with van der Waals surface area (Å²) in [5, 5.41) is 14.7. The van der Waals surface area contributed by atoms with Crippen molar-refractivity contribution in [2.24, 2.45) is 0 Å². The molecule has 0 saturated heterocycles. The van der Waals surface area contributed by atoms with Crippen LogP contribution in [-0.2, 0) is 9.53 Å². The minimum atomic E-state index is -0.123. The molecule has 0 spiro atoms. The van der Waals surface area contributed by atoms with Crippen molar-refractivity contribution in [2.75, 3.05) is 32.1 Å². The smallest absolute Gasteiger partial charge is 0.238 e. The minimum Gasteiger partial charge on any atom is -0.508 e. The molecule has 1 aromatic carbocycles. The Hall–Kier alpha value is -1.30. The molecule has 0 fully saturated rings. The third kappa shape index (κ3) is 6.78. The van der Waals surface area contributed by atoms with Gasteiger partial charge in [0.05, 0.1) is 13.2 Å². The van der Waals surface area contributed by atoms with Gasteiger partial charge in [0.25, 0.3) is 0 Å². The van der Waals surface area contributed by atoms with Gasteiger partial charge in [-0.1, -0.05) is 0 Å². The second-order valence-corrected chi connectivity index (χ2v) is 3.26. The Labute approximate surface area is 107 Å². The summed E-state index contributed by atoms with van der Waals surface area (Å²) < 4.78 is 4.83. The summed E-state index contributed by atoms with van der Waals surface area (Å²) in [5.74, 6) is 0.0537. The number of methoxy groups -OCH3 is 1. The molecule has 0 aliphatic rings. The highest BCUT2D eigenvalue weighted by Crippen LogP contribution is 2.13. The van der Waals surface area contributed by atoms with Crippen LogP contribution < -0.4 is 10.6 Å². The van der Waals surface area contributed by atoms with Gasteiger partial charge in [-0.05, 0) is 24.3 Å². The second-order valence-electron chi connectivity index (χ2n) is 3.26. The predicted octanol–water partition coefficient (Wildman–Crippen LogP) is 0.988. The Morgan fingerprint density at radius 3 is 2.59 bits per heavy atom. The molecular formula is C11H17ClN2O3. The fourth-order valence-corrected chi connectivity index (χ4v) is 1.13. The number of phenols is 1. The first kappa shape index (κ1) is 15.7. The maximum absolute atomic E-state index is 11.4. The van der Waals surface area contributed by atoms with Crippen LogP contribution in [-0.4, -0.2) is 37.8 Å². The number of hydrogen-bond acceptors (Lipinski definition) is 4. The van der Waals surface area contributed by atoms with Crippen molar-refractivity contribution in [1.29, 1.82) is 0 Å². The number of aromatic hydroxyl groups is 1. The van der Waals surface area contributed by atoms with Crippen LogP contribution >= 0.6 is 12.4 Å². The summed E-state index contributed by atoms with van der Waals surface area (Å²) in [4.78, 5) is 11.4. The van der Waals surface area contributed by atoms with Gasteiger partial charge >= 0.3 is 0 Å². The number of amides is 1. The van der Waals surface area contributed by atoms with Crippen molar-refractivity contribution in [2.45, 2.75) is 0 Å². The van der Waals surface area contributed by atoms with Crippen LogP contribution in [0.4, 0.5) is 5.69 Å². The Bertz CT molecular complexity index is 330. The topological polar surface area (TPSA) is 70.6 Å². The third-order valence-electron chi connectivity index (χ3n) is 1.92. The average molecular weight is 261 g/mol. The fourth-order valence-electron chi connectivity index (χ4n) is 1.13. The zero-order valence-corrected chi connectivity index (χ0v) is 10.4. The van der Waals surface area contributed by atoms with Gasteiger partial charge in [-0.3, -0.25) is 4.79 Å². The van der Waals surface area contributed by atoms with Crippen molar-refractivity contribution in [3.05, 3.63) is 24.3 Å². The van der Waals surface area contributed by atoms with Gasteiger partial charge in [0, 0.05) is 19.3 Å². The molecule has 1 rings (SSSR count). The highest BCUT2D eigenvalue weighted by molar-refractivity contribution is 5.92. The first-order chi connectivity index (χ1) is 7.72. The number of carbonyl (C=O) groups is 1. The summed E-state index contributed by atoms with van der Waals surface area (Å²) in [6.07, 6.45) is 0. The van der Waals surface area contributed by atoms with E-state index in [2.05, 4.69) is 10.6 Å². The highest BCUT2D eigenvalue weighted by Gasteiger charge is 2.01. The third-order valence-corrected chi connectivity index (χ3v) is 1.92. The molecule has 17 heavy (non-hydrogen) atoms. The molecule has 0 bridgehead atoms. The van der Waals surface area contributed by atoms with Crippen molar-refractivity contribution >= 4 is 24.0 Å². The van der Waals surface area contributed by atoms with Crippen molar-refractivity contribution in [1.82, 2.24) is 5.32 Å². The second kappa shape index (κ2) is 8.81. The van der Waals surface area contributed by atoms with E-state index in [0.717, 1.165) is 0 Å². The van der Waals surface area contributed by atoms with Crippen molar-refractivity contribution in [3.63, 3.8) is 0 Å². The number of nitrogens with one attached hydrogen (secondary N) is 2. The molecule has 0 aromatic heterocycles. The SMILES string of the molecule is COCCNCC(=O)Nc1ccc(O)cc1.Cl. The van der Waals surface area contributed by atoms with Crippen molar-refractivity contribution in [3.8, 4) is 5.75 Å². The van der Waals surface area contributed by atoms with Crippen LogP contribution in [0.1, 0.15) is 0 Å². The predicted molar refractivity (Wildman–Crippen MR) is 68.7 cm³/mol. The first-order valence-electron chi connectivity index (χ1n) is 5.01. The van der Waals surface area contributed by atoms with E-state index in [9.17, 15) is 4.79 Å². The van der Waals surface area contributed by atoms with Crippen LogP contribution in [0.5, 0.6) is 5.75 Å². The molecular weight excluding hydrogens is 244 g/mol. The van der Waals surface area contributed by atoms with Crippen LogP contribution in [0.3, 0.4) is 0 Å². The molecule has 5 nitrogen and oxygen atoms in total. The Kier molecular flexibility index (Phi) is 8.13. The van der Waals surface area contributed by atoms with Crippen LogP contribution in [0, 0.1) is 0 Å². The van der Waals surface area contributed by atoms with Crippen molar-refractivity contribution < 1.29 is 14.6 Å². The largest absolute Gasteiger partial charge is 0.508 e. The summed E-state index contributed by atoms with van der Waals surface area (Å²) >= 11 is 0. The number of phenolic OH excluding ortho intramolecular Hbond substituents is 1. The van der Waals surface area contributed by atoms with Gasteiger partial charge < -0.3 is 20.5 Å². The minimum absolute atomic E-state index is 0. The zero-order valence-electron chi connectivity index (χ0n) is 9.60. The summed E-state index contributed by atoms with van der Waals surface area (Å²) in [7, 11) is 1.61. The Morgan fingerprint density at radius 2 is 2.00 bits per heavy atom. The van der Waals surface area contributed by atoms with Crippen LogP contribution in [0.2, 0.25) is 0 Å². The number of halogens is 1. The highest BCUT2D eigenvalue weighted by atomic mass is 35.5. The zero-order chi connectivity index (χ0) is 11.8. The molecule has 1 amide bonds. The van der Waals surface area contributed by atoms with E-state index in [0.29, 0.717) is 18.8 Å². The Morgan fingerprint density at radius 1 is 1.35 bits per heavy atom.